The van der Waals surface area contributed by atoms with Gasteiger partial charge in [0.25, 0.3) is 0 Å². The van der Waals surface area contributed by atoms with Crippen molar-refractivity contribution in [3.05, 3.63) is 64.7 Å². The van der Waals surface area contributed by atoms with Gasteiger partial charge in [0.1, 0.15) is 32.5 Å². The molecule has 2 aliphatic rings. The van der Waals surface area contributed by atoms with E-state index in [0.717, 1.165) is 62.7 Å². The van der Waals surface area contributed by atoms with Gasteiger partial charge in [-0.3, -0.25) is 9.88 Å². The number of ether oxygens (including phenoxy) is 1. The Morgan fingerprint density at radius 2 is 1.69 bits per heavy atom. The molecular weight excluding hydrogens is 777 g/mol. The van der Waals surface area contributed by atoms with Crippen LogP contribution < -0.4 is 25.6 Å². The van der Waals surface area contributed by atoms with E-state index in [1.54, 1.807) is 39.0 Å². The second-order valence-corrected chi connectivity index (χ2v) is 24.4. The Hall–Kier alpha value is -3.79. The zero-order valence-corrected chi connectivity index (χ0v) is 36.3. The van der Waals surface area contributed by atoms with E-state index in [0.29, 0.717) is 44.7 Å². The summed E-state index contributed by atoms with van der Waals surface area (Å²) in [7, 11) is -0.350. The molecule has 14 heteroatoms. The number of halogens is 1. The molecule has 2 N–H and O–H groups in total. The fraction of sp³-hybridized carbons (Fsp3) is 0.450. The number of hydrogen-bond acceptors (Lipinski definition) is 11. The summed E-state index contributed by atoms with van der Waals surface area (Å²) in [4.78, 5) is 26.2. The van der Waals surface area contributed by atoms with Crippen LogP contribution in [0.4, 0.5) is 28.8 Å². The van der Waals surface area contributed by atoms with E-state index in [2.05, 4.69) is 113 Å². The predicted molar refractivity (Wildman–Crippen MR) is 230 cm³/mol. The van der Waals surface area contributed by atoms with Gasteiger partial charge in [0, 0.05) is 74.1 Å². The Bertz CT molecular complexity index is 2060. The standard InChI is InChI=1S/C40H53BrN9O2PSi/c1-9-28-22-34(37(52-3)24-36(28)50-15-12-31(13-16-50)49-19-17-48(2)18-20-49)46-40-44-26-32(41)39(47-40)45-33-11-10-29(23-38(33)53(4,5)51)35-27-42-30(25-43-35)14-21-54(6,7)8/h10-11,22-27,31H,9,12-13,15-20H2,1-8H3,(H2,44,45,46,47). The van der Waals surface area contributed by atoms with Gasteiger partial charge in [-0.25, -0.2) is 9.97 Å². The fourth-order valence-electron chi connectivity index (χ4n) is 6.92. The first-order valence-corrected chi connectivity index (χ1v) is 25.6. The summed E-state index contributed by atoms with van der Waals surface area (Å²) in [5.41, 5.74) is 9.45. The van der Waals surface area contributed by atoms with Crippen molar-refractivity contribution in [2.24, 2.45) is 0 Å². The summed E-state index contributed by atoms with van der Waals surface area (Å²) >= 11 is 3.62. The number of anilines is 5. The van der Waals surface area contributed by atoms with E-state index in [1.165, 1.54) is 24.1 Å². The molecule has 0 spiro atoms. The molecule has 0 unspecified atom stereocenters. The first kappa shape index (κ1) is 39.9. The summed E-state index contributed by atoms with van der Waals surface area (Å²) in [6.45, 7) is 19.0. The average Bonchev–Trinajstić information content (AvgIpc) is 3.15. The van der Waals surface area contributed by atoms with Crippen molar-refractivity contribution < 1.29 is 9.30 Å². The first-order valence-electron chi connectivity index (χ1n) is 18.7. The van der Waals surface area contributed by atoms with Gasteiger partial charge >= 0.3 is 0 Å². The van der Waals surface area contributed by atoms with E-state index < -0.39 is 15.2 Å². The number of aryl methyl sites for hydroxylation is 1. The van der Waals surface area contributed by atoms with Crippen LogP contribution in [0.1, 0.15) is 31.0 Å². The smallest absolute Gasteiger partial charge is 0.229 e. The van der Waals surface area contributed by atoms with Gasteiger partial charge in [-0.15, -0.1) is 5.54 Å². The van der Waals surface area contributed by atoms with E-state index in [9.17, 15) is 4.57 Å². The minimum absolute atomic E-state index is 0.406. The maximum atomic E-state index is 13.6. The molecule has 2 saturated heterocycles. The van der Waals surface area contributed by atoms with Gasteiger partial charge in [-0.1, -0.05) is 38.6 Å². The van der Waals surface area contributed by atoms with E-state index in [-0.39, 0.29) is 0 Å². The van der Waals surface area contributed by atoms with Gasteiger partial charge in [-0.2, -0.15) is 4.98 Å². The molecule has 2 aromatic carbocycles. The van der Waals surface area contributed by atoms with Crippen LogP contribution in [-0.4, -0.2) is 111 Å². The number of piperidine rings is 1. The first-order chi connectivity index (χ1) is 25.7. The van der Waals surface area contributed by atoms with Crippen LogP contribution >= 0.6 is 23.1 Å². The second kappa shape index (κ2) is 16.9. The molecule has 4 aromatic rings. The quantitative estimate of drug-likeness (QED) is 0.0946. The molecule has 0 bridgehead atoms. The number of nitrogens with zero attached hydrogens (tertiary/aromatic N) is 7. The molecule has 54 heavy (non-hydrogen) atoms. The molecule has 0 saturated carbocycles. The number of aromatic nitrogens is 4. The molecule has 6 rings (SSSR count). The lowest BCUT2D eigenvalue weighted by Gasteiger charge is -2.43. The normalized spacial score (nSPS) is 16.1. The van der Waals surface area contributed by atoms with E-state index in [1.807, 2.05) is 18.2 Å². The molecule has 0 atom stereocenters. The maximum absolute atomic E-state index is 13.6. The Morgan fingerprint density at radius 1 is 0.944 bits per heavy atom. The molecule has 11 nitrogen and oxygen atoms in total. The molecule has 2 fully saturated rings. The topological polar surface area (TPSA) is 112 Å². The van der Waals surface area contributed by atoms with Crippen molar-refractivity contribution in [3.63, 3.8) is 0 Å². The summed E-state index contributed by atoms with van der Waals surface area (Å²) in [6.07, 6.45) is 8.35. The molecule has 4 heterocycles. The summed E-state index contributed by atoms with van der Waals surface area (Å²) in [5.74, 6) is 4.83. The second-order valence-electron chi connectivity index (χ2n) is 15.6. The zero-order valence-electron chi connectivity index (χ0n) is 32.8. The number of likely N-dealkylation sites (N-methyl/N-ethyl adjacent to an activating group) is 1. The molecule has 0 aliphatic carbocycles. The summed E-state index contributed by atoms with van der Waals surface area (Å²) in [6, 6.07) is 10.7. The Labute approximate surface area is 330 Å². The number of rotatable bonds is 10. The highest BCUT2D eigenvalue weighted by atomic mass is 79.9. The third kappa shape index (κ3) is 9.89. The highest BCUT2D eigenvalue weighted by Gasteiger charge is 2.28. The molecule has 0 radical (unpaired) electrons. The lowest BCUT2D eigenvalue weighted by Crippen LogP contribution is -2.52. The minimum atomic E-state index is -2.74. The summed E-state index contributed by atoms with van der Waals surface area (Å²) in [5, 5.41) is 7.52. The lowest BCUT2D eigenvalue weighted by atomic mass is 9.99. The van der Waals surface area contributed by atoms with Gasteiger partial charge in [0.2, 0.25) is 5.95 Å². The van der Waals surface area contributed by atoms with Gasteiger partial charge in [0.05, 0.1) is 41.0 Å². The minimum Gasteiger partial charge on any atom is -0.494 e. The molecule has 2 aliphatic heterocycles. The van der Waals surface area contributed by atoms with Crippen LogP contribution in [0.5, 0.6) is 5.75 Å². The van der Waals surface area contributed by atoms with Crippen LogP contribution in [0.2, 0.25) is 19.6 Å². The van der Waals surface area contributed by atoms with Crippen LogP contribution in [0.3, 0.4) is 0 Å². The van der Waals surface area contributed by atoms with Crippen molar-refractivity contribution in [2.75, 3.05) is 82.3 Å². The number of piperazine rings is 1. The Balaban J connectivity index is 1.20. The monoisotopic (exact) mass is 829 g/mol. The van der Waals surface area contributed by atoms with Crippen LogP contribution in [0.15, 0.2) is 53.4 Å². The van der Waals surface area contributed by atoms with Crippen LogP contribution in [0.25, 0.3) is 11.3 Å². The largest absolute Gasteiger partial charge is 0.494 e. The number of benzene rings is 2. The molecule has 286 valence electrons. The third-order valence-corrected chi connectivity index (χ3v) is 13.0. The Morgan fingerprint density at radius 3 is 2.31 bits per heavy atom. The lowest BCUT2D eigenvalue weighted by molar-refractivity contribution is 0.0982. The molecule has 0 amide bonds. The third-order valence-electron chi connectivity index (χ3n) is 9.98. The van der Waals surface area contributed by atoms with Crippen LogP contribution in [0, 0.1) is 11.5 Å². The van der Waals surface area contributed by atoms with E-state index in [4.69, 9.17) is 9.72 Å². The number of methoxy groups -OCH3 is 1. The molecule has 2 aromatic heterocycles. The summed E-state index contributed by atoms with van der Waals surface area (Å²) < 4.78 is 20.2. The van der Waals surface area contributed by atoms with Crippen molar-refractivity contribution in [3.8, 4) is 28.5 Å². The fourth-order valence-corrected chi connectivity index (χ4v) is 8.87. The highest BCUT2D eigenvalue weighted by molar-refractivity contribution is 9.10. The van der Waals surface area contributed by atoms with E-state index >= 15 is 0 Å². The SMILES string of the molecule is CCc1cc(Nc2ncc(Br)c(Nc3ccc(-c4cnc(C#C[Si](C)(C)C)cn4)cc3P(C)(C)=O)n2)c(OC)cc1N1CCC(N2CCN(C)CC2)CC1. The average molecular weight is 831 g/mol. The number of hydrogen-bond donors (Lipinski definition) is 2. The Kier molecular flexibility index (Phi) is 12.5. The zero-order chi connectivity index (χ0) is 38.6. The van der Waals surface area contributed by atoms with Crippen molar-refractivity contribution >= 4 is 65.3 Å². The highest BCUT2D eigenvalue weighted by Crippen LogP contribution is 2.41. The maximum Gasteiger partial charge on any atom is 0.229 e. The van der Waals surface area contributed by atoms with Gasteiger partial charge in [-0.05, 0) is 79.3 Å². The van der Waals surface area contributed by atoms with Gasteiger partial charge < -0.3 is 29.7 Å². The van der Waals surface area contributed by atoms with Gasteiger partial charge in [0.15, 0.2) is 0 Å². The van der Waals surface area contributed by atoms with Crippen molar-refractivity contribution in [1.29, 1.82) is 0 Å². The van der Waals surface area contributed by atoms with Crippen LogP contribution in [-0.2, 0) is 11.0 Å². The van der Waals surface area contributed by atoms with Crippen molar-refractivity contribution in [1.82, 2.24) is 29.7 Å². The van der Waals surface area contributed by atoms with Crippen molar-refractivity contribution in [2.45, 2.75) is 51.9 Å². The predicted octanol–water partition coefficient (Wildman–Crippen LogP) is 7.45. The number of nitrogens with one attached hydrogen (secondary N) is 2. The molecular formula is C40H53BrN9O2PSi.